The molecule has 92 valence electrons. The van der Waals surface area contributed by atoms with Crippen molar-refractivity contribution in [2.75, 3.05) is 14.2 Å². The van der Waals surface area contributed by atoms with Gasteiger partial charge in [0.15, 0.2) is 0 Å². The summed E-state index contributed by atoms with van der Waals surface area (Å²) in [5, 5.41) is 2.21. The molecule has 0 aliphatic carbocycles. The van der Waals surface area contributed by atoms with Gasteiger partial charge in [-0.2, -0.15) is 0 Å². The molecule has 5 heteroatoms. The number of carbonyl (C=O) groups excluding carboxylic acids is 2. The summed E-state index contributed by atoms with van der Waals surface area (Å²) in [6, 6.07) is 5.17. The molecule has 0 aliphatic rings. The van der Waals surface area contributed by atoms with Crippen LogP contribution in [-0.4, -0.2) is 26.0 Å². The smallest absolute Gasteiger partial charge is 0.231 e. The monoisotopic (exact) mass is 237 g/mol. The van der Waals surface area contributed by atoms with Crippen molar-refractivity contribution in [2.45, 2.75) is 13.3 Å². The number of carbonyl (C=O) groups is 2. The molecule has 0 heterocycles. The number of hydrogen-bond acceptors (Lipinski definition) is 4. The predicted molar refractivity (Wildman–Crippen MR) is 62.1 cm³/mol. The van der Waals surface area contributed by atoms with Gasteiger partial charge in [0.1, 0.15) is 11.5 Å². The van der Waals surface area contributed by atoms with Crippen LogP contribution in [0.1, 0.15) is 12.5 Å². The Morgan fingerprint density at radius 1 is 1.24 bits per heavy atom. The van der Waals surface area contributed by atoms with Crippen LogP contribution < -0.4 is 14.8 Å². The van der Waals surface area contributed by atoms with Gasteiger partial charge in [0, 0.05) is 12.5 Å². The van der Waals surface area contributed by atoms with Gasteiger partial charge in [-0.1, -0.05) is 0 Å². The lowest BCUT2D eigenvalue weighted by molar-refractivity contribution is -0.128. The maximum Gasteiger partial charge on any atom is 0.231 e. The normalized spacial score (nSPS) is 9.59. The first-order chi connectivity index (χ1) is 8.06. The average molecular weight is 237 g/mol. The maximum absolute atomic E-state index is 11.5. The molecule has 0 saturated heterocycles. The molecule has 0 aliphatic heterocycles. The lowest BCUT2D eigenvalue weighted by Gasteiger charge is -2.09. The standard InChI is InChI=1S/C12H15NO4/c1-8(14)13-12(15)7-9-6-10(16-2)4-5-11(9)17-3/h4-6H,7H2,1-3H3,(H,13,14,15). The second-order valence-corrected chi connectivity index (χ2v) is 3.46. The Balaban J connectivity index is 2.87. The van der Waals surface area contributed by atoms with E-state index in [1.54, 1.807) is 25.3 Å². The van der Waals surface area contributed by atoms with Crippen LogP contribution >= 0.6 is 0 Å². The van der Waals surface area contributed by atoms with Crippen molar-refractivity contribution in [2.24, 2.45) is 0 Å². The van der Waals surface area contributed by atoms with E-state index >= 15 is 0 Å². The average Bonchev–Trinajstić information content (AvgIpc) is 2.27. The highest BCUT2D eigenvalue weighted by Gasteiger charge is 2.10. The minimum Gasteiger partial charge on any atom is -0.497 e. The molecule has 0 spiro atoms. The van der Waals surface area contributed by atoms with E-state index in [4.69, 9.17) is 9.47 Å². The van der Waals surface area contributed by atoms with E-state index in [-0.39, 0.29) is 18.2 Å². The Morgan fingerprint density at radius 3 is 2.47 bits per heavy atom. The van der Waals surface area contributed by atoms with Crippen molar-refractivity contribution >= 4 is 11.8 Å². The molecule has 0 aromatic heterocycles. The highest BCUT2D eigenvalue weighted by molar-refractivity contribution is 5.95. The van der Waals surface area contributed by atoms with Gasteiger partial charge in [0.05, 0.1) is 20.6 Å². The van der Waals surface area contributed by atoms with Gasteiger partial charge < -0.3 is 9.47 Å². The molecule has 0 bridgehead atoms. The second-order valence-electron chi connectivity index (χ2n) is 3.46. The van der Waals surface area contributed by atoms with Crippen molar-refractivity contribution in [3.05, 3.63) is 23.8 Å². The molecule has 0 fully saturated rings. The zero-order chi connectivity index (χ0) is 12.8. The van der Waals surface area contributed by atoms with Gasteiger partial charge in [-0.05, 0) is 18.2 Å². The molecule has 1 rings (SSSR count). The molecule has 1 aromatic rings. The Hall–Kier alpha value is -2.04. The third-order valence-electron chi connectivity index (χ3n) is 2.15. The van der Waals surface area contributed by atoms with Crippen LogP contribution in [0.4, 0.5) is 0 Å². The van der Waals surface area contributed by atoms with E-state index in [1.165, 1.54) is 14.0 Å². The molecule has 1 N–H and O–H groups in total. The van der Waals surface area contributed by atoms with Crippen molar-refractivity contribution in [3.8, 4) is 11.5 Å². The van der Waals surface area contributed by atoms with Crippen LogP contribution in [0, 0.1) is 0 Å². The largest absolute Gasteiger partial charge is 0.497 e. The third kappa shape index (κ3) is 3.79. The lowest BCUT2D eigenvalue weighted by Crippen LogP contribution is -2.29. The summed E-state index contributed by atoms with van der Waals surface area (Å²) in [6.07, 6.45) is 0.0694. The number of amides is 2. The van der Waals surface area contributed by atoms with Crippen molar-refractivity contribution in [1.29, 1.82) is 0 Å². The summed E-state index contributed by atoms with van der Waals surface area (Å²) in [7, 11) is 3.06. The number of ether oxygens (including phenoxy) is 2. The molecule has 17 heavy (non-hydrogen) atoms. The van der Waals surface area contributed by atoms with Gasteiger partial charge >= 0.3 is 0 Å². The van der Waals surface area contributed by atoms with Gasteiger partial charge in [0.2, 0.25) is 11.8 Å². The zero-order valence-electron chi connectivity index (χ0n) is 10.1. The number of rotatable bonds is 4. The molecular weight excluding hydrogens is 222 g/mol. The minimum atomic E-state index is -0.378. The zero-order valence-corrected chi connectivity index (χ0v) is 10.1. The van der Waals surface area contributed by atoms with Crippen LogP contribution in [0.2, 0.25) is 0 Å². The Bertz CT molecular complexity index is 429. The fourth-order valence-corrected chi connectivity index (χ4v) is 1.43. The van der Waals surface area contributed by atoms with E-state index in [0.29, 0.717) is 17.1 Å². The van der Waals surface area contributed by atoms with E-state index in [1.807, 2.05) is 0 Å². The molecule has 0 saturated carbocycles. The predicted octanol–water partition coefficient (Wildman–Crippen LogP) is 0.909. The van der Waals surface area contributed by atoms with Crippen LogP contribution in [0.15, 0.2) is 18.2 Å². The summed E-state index contributed by atoms with van der Waals surface area (Å²) in [5.74, 6) is 0.474. The van der Waals surface area contributed by atoms with Gasteiger partial charge in [-0.25, -0.2) is 0 Å². The molecule has 5 nitrogen and oxygen atoms in total. The SMILES string of the molecule is COc1ccc(OC)c(CC(=O)NC(C)=O)c1. The molecule has 1 aromatic carbocycles. The maximum atomic E-state index is 11.5. The van der Waals surface area contributed by atoms with E-state index < -0.39 is 0 Å². The van der Waals surface area contributed by atoms with E-state index in [9.17, 15) is 9.59 Å². The van der Waals surface area contributed by atoms with Crippen LogP contribution in [0.5, 0.6) is 11.5 Å². The molecule has 0 radical (unpaired) electrons. The number of hydrogen-bond donors (Lipinski definition) is 1. The van der Waals surface area contributed by atoms with Gasteiger partial charge in [0.25, 0.3) is 0 Å². The molecule has 0 atom stereocenters. The van der Waals surface area contributed by atoms with Crippen molar-refractivity contribution in [3.63, 3.8) is 0 Å². The second kappa shape index (κ2) is 5.89. The van der Waals surface area contributed by atoms with Crippen molar-refractivity contribution in [1.82, 2.24) is 5.32 Å². The number of nitrogens with one attached hydrogen (secondary N) is 1. The highest BCUT2D eigenvalue weighted by Crippen LogP contribution is 2.24. The van der Waals surface area contributed by atoms with Gasteiger partial charge in [-0.15, -0.1) is 0 Å². The van der Waals surface area contributed by atoms with Gasteiger partial charge in [-0.3, -0.25) is 14.9 Å². The first kappa shape index (κ1) is 13.0. The van der Waals surface area contributed by atoms with Crippen molar-refractivity contribution < 1.29 is 19.1 Å². The van der Waals surface area contributed by atoms with Crippen LogP contribution in [0.3, 0.4) is 0 Å². The Kier molecular flexibility index (Phi) is 4.51. The fraction of sp³-hybridized carbons (Fsp3) is 0.333. The number of methoxy groups -OCH3 is 2. The fourth-order valence-electron chi connectivity index (χ4n) is 1.43. The van der Waals surface area contributed by atoms with E-state index in [0.717, 1.165) is 0 Å². The molecule has 0 unspecified atom stereocenters. The summed E-state index contributed by atoms with van der Waals surface area (Å²) < 4.78 is 10.2. The summed E-state index contributed by atoms with van der Waals surface area (Å²) in [5.41, 5.74) is 0.672. The van der Waals surface area contributed by atoms with Crippen LogP contribution in [0.25, 0.3) is 0 Å². The first-order valence-electron chi connectivity index (χ1n) is 5.08. The highest BCUT2D eigenvalue weighted by atomic mass is 16.5. The Labute approximate surface area is 99.7 Å². The topological polar surface area (TPSA) is 64.6 Å². The van der Waals surface area contributed by atoms with E-state index in [2.05, 4.69) is 5.32 Å². The summed E-state index contributed by atoms with van der Waals surface area (Å²) >= 11 is 0. The quantitative estimate of drug-likeness (QED) is 0.845. The van der Waals surface area contributed by atoms with Crippen LogP contribution in [-0.2, 0) is 16.0 Å². The molecule has 2 amide bonds. The number of benzene rings is 1. The molecular formula is C12H15NO4. The number of imide groups is 1. The summed E-state index contributed by atoms with van der Waals surface area (Å²) in [6.45, 7) is 1.29. The lowest BCUT2D eigenvalue weighted by atomic mass is 10.1. The summed E-state index contributed by atoms with van der Waals surface area (Å²) in [4.78, 5) is 22.2. The minimum absolute atomic E-state index is 0.0694. The Morgan fingerprint density at radius 2 is 1.94 bits per heavy atom. The first-order valence-corrected chi connectivity index (χ1v) is 5.08. The third-order valence-corrected chi connectivity index (χ3v) is 2.15.